The van der Waals surface area contributed by atoms with Crippen LogP contribution >= 0.6 is 0 Å². The molecule has 16 heavy (non-hydrogen) atoms. The van der Waals surface area contributed by atoms with Crippen molar-refractivity contribution in [3.05, 3.63) is 59.4 Å². The molecular formula is C14H13FO. The van der Waals surface area contributed by atoms with E-state index in [1.54, 1.807) is 38.1 Å². The minimum Gasteiger partial charge on any atom is -0.293 e. The molecule has 1 atom stereocenters. The van der Waals surface area contributed by atoms with E-state index in [1.165, 1.54) is 12.1 Å². The predicted molar refractivity (Wildman–Crippen MR) is 61.7 cm³/mol. The fraction of sp³-hybridized carbons (Fsp3) is 0.214. The molecule has 1 aliphatic carbocycles. The fourth-order valence-electron chi connectivity index (χ4n) is 1.89. The number of rotatable bonds is 1. The van der Waals surface area contributed by atoms with Crippen molar-refractivity contribution in [2.45, 2.75) is 19.3 Å². The first kappa shape index (κ1) is 9.52. The molecule has 0 fully saturated rings. The lowest BCUT2D eigenvalue weighted by Gasteiger charge is -2.27. The molecule has 1 nitrogen and oxygen atoms in total. The topological polar surface area (TPSA) is 17.1 Å². The van der Waals surface area contributed by atoms with Crippen molar-refractivity contribution in [2.24, 2.45) is 0 Å². The maximum absolute atomic E-state index is 12.9. The summed E-state index contributed by atoms with van der Waals surface area (Å²) in [6.45, 7) is 3.44. The summed E-state index contributed by atoms with van der Waals surface area (Å²) in [5.74, 6) is -0.422. The van der Waals surface area contributed by atoms with Gasteiger partial charge in [0.05, 0.1) is 6.79 Å². The van der Waals surface area contributed by atoms with E-state index in [0.29, 0.717) is 5.57 Å². The number of Topliss-reactive ketones (excluding diaryl/α,β-unsaturated/α-hetero) is 1. The van der Waals surface area contributed by atoms with Gasteiger partial charge in [0, 0.05) is 0 Å². The van der Waals surface area contributed by atoms with Gasteiger partial charge in [-0.3, -0.25) is 4.79 Å². The van der Waals surface area contributed by atoms with E-state index in [-0.39, 0.29) is 17.7 Å². The van der Waals surface area contributed by atoms with E-state index >= 15 is 0 Å². The summed E-state index contributed by atoms with van der Waals surface area (Å²) in [7, 11) is 0. The Labute approximate surface area is 95.7 Å². The summed E-state index contributed by atoms with van der Waals surface area (Å²) < 4.78 is 20.5. The minimum absolute atomic E-state index is 0.100. The molecule has 1 aliphatic rings. The third kappa shape index (κ3) is 1.60. The standard InChI is InChI=1S/C14H13FO/c1-10-4-3-9-14(2,13(10)16)11-5-7-12(15)8-6-11/h3-9H,1-2H3/i4D. The van der Waals surface area contributed by atoms with Crippen LogP contribution in [0, 0.1) is 5.82 Å². The van der Waals surface area contributed by atoms with Gasteiger partial charge in [-0.1, -0.05) is 30.3 Å². The van der Waals surface area contributed by atoms with Crippen LogP contribution in [0.3, 0.4) is 0 Å². The van der Waals surface area contributed by atoms with Gasteiger partial charge < -0.3 is 0 Å². The summed E-state index contributed by atoms with van der Waals surface area (Å²) >= 11 is 0. The summed E-state index contributed by atoms with van der Waals surface area (Å²) in [6, 6.07) is 6.16. The molecule has 1 aromatic rings. The summed E-state index contributed by atoms with van der Waals surface area (Å²) in [6.07, 6.45) is 3.33. The summed E-state index contributed by atoms with van der Waals surface area (Å²) in [5, 5.41) is 0. The molecule has 2 heteroatoms. The second-order valence-corrected chi connectivity index (χ2v) is 4.14. The van der Waals surface area contributed by atoms with Crippen molar-refractivity contribution < 1.29 is 10.6 Å². The first-order valence-electron chi connectivity index (χ1n) is 5.63. The van der Waals surface area contributed by atoms with Gasteiger partial charge in [0.2, 0.25) is 0 Å². The zero-order chi connectivity index (χ0) is 12.6. The number of hydrogen-bond acceptors (Lipinski definition) is 1. The smallest absolute Gasteiger partial charge is 0.172 e. The molecule has 82 valence electrons. The van der Waals surface area contributed by atoms with Crippen LogP contribution in [0.25, 0.3) is 0 Å². The summed E-state index contributed by atoms with van der Waals surface area (Å²) in [5.41, 5.74) is 0.397. The SMILES string of the molecule is [2H]C1=C(C)C(=O)C(C)(c2ccc(F)cc2)C=C1. The minimum atomic E-state index is -0.789. The zero-order valence-electron chi connectivity index (χ0n) is 10.3. The normalized spacial score (nSPS) is 25.9. The quantitative estimate of drug-likeness (QED) is 0.706. The Bertz CT molecular complexity index is 528. The molecule has 0 spiro atoms. The van der Waals surface area contributed by atoms with E-state index in [2.05, 4.69) is 0 Å². The number of halogens is 1. The average molecular weight is 217 g/mol. The molecule has 2 rings (SSSR count). The molecule has 0 radical (unpaired) electrons. The second-order valence-electron chi connectivity index (χ2n) is 4.14. The van der Waals surface area contributed by atoms with Crippen LogP contribution in [0.2, 0.25) is 0 Å². The Hall–Kier alpha value is -1.70. The van der Waals surface area contributed by atoms with Crippen LogP contribution < -0.4 is 0 Å². The first-order chi connectivity index (χ1) is 7.95. The van der Waals surface area contributed by atoms with Crippen molar-refractivity contribution in [2.75, 3.05) is 0 Å². The van der Waals surface area contributed by atoms with Crippen LogP contribution in [-0.2, 0) is 10.2 Å². The predicted octanol–water partition coefficient (Wildman–Crippen LogP) is 3.17. The van der Waals surface area contributed by atoms with Gasteiger partial charge in [-0.15, -0.1) is 0 Å². The van der Waals surface area contributed by atoms with Gasteiger partial charge in [0.1, 0.15) is 5.82 Å². The van der Waals surface area contributed by atoms with E-state index in [0.717, 1.165) is 5.56 Å². The Balaban J connectivity index is 2.49. The van der Waals surface area contributed by atoms with Gasteiger partial charge >= 0.3 is 0 Å². The highest BCUT2D eigenvalue weighted by Crippen LogP contribution is 2.32. The number of benzene rings is 1. The van der Waals surface area contributed by atoms with Crippen molar-refractivity contribution in [1.29, 1.82) is 0 Å². The molecule has 0 amide bonds. The highest BCUT2D eigenvalue weighted by atomic mass is 19.1. The maximum Gasteiger partial charge on any atom is 0.172 e. The third-order valence-corrected chi connectivity index (χ3v) is 2.97. The molecule has 0 saturated heterocycles. The first-order valence-corrected chi connectivity index (χ1v) is 5.13. The lowest BCUT2D eigenvalue weighted by molar-refractivity contribution is -0.118. The molecule has 1 aromatic carbocycles. The Kier molecular flexibility index (Phi) is 2.21. The van der Waals surface area contributed by atoms with Crippen molar-refractivity contribution >= 4 is 5.78 Å². The second kappa shape index (κ2) is 3.71. The molecule has 0 aromatic heterocycles. The number of ketones is 1. The molecule has 0 bridgehead atoms. The van der Waals surface area contributed by atoms with E-state index < -0.39 is 5.41 Å². The molecule has 0 heterocycles. The lowest BCUT2D eigenvalue weighted by atomic mass is 9.74. The molecule has 1 unspecified atom stereocenters. The van der Waals surface area contributed by atoms with Crippen LogP contribution in [0.15, 0.2) is 48.0 Å². The number of carbonyl (C=O) groups is 1. The van der Waals surface area contributed by atoms with Gasteiger partial charge in [-0.2, -0.15) is 0 Å². The molecule has 0 N–H and O–H groups in total. The highest BCUT2D eigenvalue weighted by molar-refractivity contribution is 6.05. The van der Waals surface area contributed by atoms with Crippen LogP contribution in [0.1, 0.15) is 20.8 Å². The Morgan fingerprint density at radius 3 is 2.56 bits per heavy atom. The third-order valence-electron chi connectivity index (χ3n) is 2.97. The number of carbonyl (C=O) groups excluding carboxylic acids is 1. The van der Waals surface area contributed by atoms with E-state index in [9.17, 15) is 9.18 Å². The Morgan fingerprint density at radius 2 is 1.94 bits per heavy atom. The van der Waals surface area contributed by atoms with Crippen LogP contribution in [0.4, 0.5) is 4.39 Å². The van der Waals surface area contributed by atoms with Gasteiger partial charge in [0.15, 0.2) is 5.78 Å². The average Bonchev–Trinajstić information content (AvgIpc) is 2.33. The molecule has 0 aliphatic heterocycles. The maximum atomic E-state index is 12.9. The number of hydrogen-bond donors (Lipinski definition) is 0. The molecular weight excluding hydrogens is 203 g/mol. The van der Waals surface area contributed by atoms with E-state index in [4.69, 9.17) is 1.37 Å². The van der Waals surface area contributed by atoms with E-state index in [1.807, 2.05) is 0 Å². The lowest BCUT2D eigenvalue weighted by Crippen LogP contribution is -2.32. The number of allylic oxidation sites excluding steroid dienone is 4. The van der Waals surface area contributed by atoms with Crippen LogP contribution in [0.5, 0.6) is 0 Å². The van der Waals surface area contributed by atoms with Gasteiger partial charge in [-0.05, 0) is 37.1 Å². The van der Waals surface area contributed by atoms with Crippen LogP contribution in [-0.4, -0.2) is 5.78 Å². The monoisotopic (exact) mass is 217 g/mol. The van der Waals surface area contributed by atoms with Crippen molar-refractivity contribution in [1.82, 2.24) is 0 Å². The Morgan fingerprint density at radius 1 is 1.31 bits per heavy atom. The largest absolute Gasteiger partial charge is 0.293 e. The molecule has 0 saturated carbocycles. The summed E-state index contributed by atoms with van der Waals surface area (Å²) in [4.78, 5) is 12.2. The van der Waals surface area contributed by atoms with Gasteiger partial charge in [0.25, 0.3) is 0 Å². The van der Waals surface area contributed by atoms with Crippen molar-refractivity contribution in [3.8, 4) is 0 Å². The van der Waals surface area contributed by atoms with Gasteiger partial charge in [-0.25, -0.2) is 4.39 Å². The highest BCUT2D eigenvalue weighted by Gasteiger charge is 2.34. The van der Waals surface area contributed by atoms with Crippen molar-refractivity contribution in [3.63, 3.8) is 0 Å². The zero-order valence-corrected chi connectivity index (χ0v) is 9.25. The fourth-order valence-corrected chi connectivity index (χ4v) is 1.89.